The standard InChI is InChI=1S/C17H19N5S2/c1-2-22-15(12-8-9-12)20-21-17(22)24-11-14-10-23-16(19-14)18-13-6-4-3-5-7-13/h3-7,10,12H,2,8-9,11H2,1H3,(H,18,19). The van der Waals surface area contributed by atoms with Crippen LogP contribution in [0.15, 0.2) is 40.9 Å². The summed E-state index contributed by atoms with van der Waals surface area (Å²) in [7, 11) is 0. The Hall–Kier alpha value is -1.86. The van der Waals surface area contributed by atoms with E-state index in [1.54, 1.807) is 23.1 Å². The van der Waals surface area contributed by atoms with Crippen LogP contribution in [0.4, 0.5) is 10.8 Å². The van der Waals surface area contributed by atoms with Gasteiger partial charge < -0.3 is 9.88 Å². The zero-order valence-electron chi connectivity index (χ0n) is 13.5. The predicted octanol–water partition coefficient (Wildman–Crippen LogP) is 4.67. The summed E-state index contributed by atoms with van der Waals surface area (Å²) in [5, 5.41) is 16.1. The molecule has 1 N–H and O–H groups in total. The smallest absolute Gasteiger partial charge is 0.191 e. The Labute approximate surface area is 149 Å². The second-order valence-electron chi connectivity index (χ2n) is 5.78. The first-order valence-electron chi connectivity index (χ1n) is 8.16. The Morgan fingerprint density at radius 1 is 1.25 bits per heavy atom. The lowest BCUT2D eigenvalue weighted by atomic mass is 10.3. The molecule has 124 valence electrons. The molecule has 2 aromatic heterocycles. The molecule has 24 heavy (non-hydrogen) atoms. The van der Waals surface area contributed by atoms with Gasteiger partial charge in [-0.15, -0.1) is 21.5 Å². The van der Waals surface area contributed by atoms with Crippen LogP contribution in [0.2, 0.25) is 0 Å². The maximum Gasteiger partial charge on any atom is 0.191 e. The summed E-state index contributed by atoms with van der Waals surface area (Å²) in [4.78, 5) is 4.66. The van der Waals surface area contributed by atoms with Crippen LogP contribution in [-0.4, -0.2) is 19.7 Å². The Kier molecular flexibility index (Phi) is 4.53. The van der Waals surface area contributed by atoms with Crippen molar-refractivity contribution in [3.63, 3.8) is 0 Å². The molecule has 7 heteroatoms. The fourth-order valence-corrected chi connectivity index (χ4v) is 4.30. The zero-order chi connectivity index (χ0) is 16.4. The van der Waals surface area contributed by atoms with Gasteiger partial charge in [-0.1, -0.05) is 30.0 Å². The van der Waals surface area contributed by atoms with E-state index < -0.39 is 0 Å². The molecular formula is C17H19N5S2. The van der Waals surface area contributed by atoms with Gasteiger partial charge in [-0.05, 0) is 31.9 Å². The summed E-state index contributed by atoms with van der Waals surface area (Å²) < 4.78 is 2.25. The van der Waals surface area contributed by atoms with Crippen molar-refractivity contribution in [1.82, 2.24) is 19.7 Å². The molecule has 4 rings (SSSR count). The Morgan fingerprint density at radius 3 is 2.83 bits per heavy atom. The van der Waals surface area contributed by atoms with E-state index in [1.165, 1.54) is 12.8 Å². The lowest BCUT2D eigenvalue weighted by Gasteiger charge is -2.05. The lowest BCUT2D eigenvalue weighted by Crippen LogP contribution is -2.02. The van der Waals surface area contributed by atoms with Crippen LogP contribution in [0.3, 0.4) is 0 Å². The van der Waals surface area contributed by atoms with Gasteiger partial charge in [0, 0.05) is 29.3 Å². The molecule has 2 heterocycles. The summed E-state index contributed by atoms with van der Waals surface area (Å²) >= 11 is 3.35. The van der Waals surface area contributed by atoms with Crippen molar-refractivity contribution in [3.05, 3.63) is 47.2 Å². The number of thiazole rings is 1. The average Bonchev–Trinajstić information content (AvgIpc) is 3.22. The first kappa shape index (κ1) is 15.7. The van der Waals surface area contributed by atoms with Crippen molar-refractivity contribution in [2.75, 3.05) is 5.32 Å². The van der Waals surface area contributed by atoms with Crippen molar-refractivity contribution in [3.8, 4) is 0 Å². The Morgan fingerprint density at radius 2 is 2.08 bits per heavy atom. The van der Waals surface area contributed by atoms with E-state index in [0.29, 0.717) is 5.92 Å². The molecule has 0 unspecified atom stereocenters. The number of hydrogen-bond donors (Lipinski definition) is 1. The fraction of sp³-hybridized carbons (Fsp3) is 0.353. The van der Waals surface area contributed by atoms with Crippen LogP contribution in [0.25, 0.3) is 0 Å². The van der Waals surface area contributed by atoms with E-state index in [0.717, 1.165) is 39.8 Å². The predicted molar refractivity (Wildman–Crippen MR) is 99.1 cm³/mol. The Balaban J connectivity index is 1.40. The van der Waals surface area contributed by atoms with Crippen molar-refractivity contribution < 1.29 is 0 Å². The molecule has 5 nitrogen and oxygen atoms in total. The topological polar surface area (TPSA) is 55.6 Å². The SMILES string of the molecule is CCn1c(SCc2csc(Nc3ccccc3)n2)nnc1C1CC1. The molecule has 0 saturated heterocycles. The number of rotatable bonds is 7. The second-order valence-corrected chi connectivity index (χ2v) is 7.58. The quantitative estimate of drug-likeness (QED) is 0.623. The molecule has 0 spiro atoms. The van der Waals surface area contributed by atoms with Crippen molar-refractivity contribution in [1.29, 1.82) is 0 Å². The third-order valence-electron chi connectivity index (χ3n) is 3.93. The normalized spacial score (nSPS) is 14.0. The summed E-state index contributed by atoms with van der Waals surface area (Å²) in [5.41, 5.74) is 2.13. The maximum absolute atomic E-state index is 4.66. The minimum atomic E-state index is 0.632. The molecule has 3 aromatic rings. The van der Waals surface area contributed by atoms with Gasteiger partial charge in [-0.2, -0.15) is 0 Å². The summed E-state index contributed by atoms with van der Waals surface area (Å²) in [6.45, 7) is 3.09. The van der Waals surface area contributed by atoms with Gasteiger partial charge in [-0.3, -0.25) is 0 Å². The van der Waals surface area contributed by atoms with Gasteiger partial charge in [0.2, 0.25) is 0 Å². The number of aromatic nitrogens is 4. The first-order valence-corrected chi connectivity index (χ1v) is 10.0. The average molecular weight is 358 g/mol. The molecule has 1 aromatic carbocycles. The fourth-order valence-electron chi connectivity index (χ4n) is 2.56. The van der Waals surface area contributed by atoms with E-state index >= 15 is 0 Å². The molecule has 1 fully saturated rings. The number of thioether (sulfide) groups is 1. The Bertz CT molecular complexity index is 808. The van der Waals surface area contributed by atoms with E-state index in [1.807, 2.05) is 30.3 Å². The zero-order valence-corrected chi connectivity index (χ0v) is 15.1. The molecule has 0 aliphatic heterocycles. The van der Waals surface area contributed by atoms with Crippen molar-refractivity contribution in [2.24, 2.45) is 0 Å². The molecule has 0 atom stereocenters. The van der Waals surface area contributed by atoms with Crippen molar-refractivity contribution in [2.45, 2.75) is 43.1 Å². The van der Waals surface area contributed by atoms with Crippen molar-refractivity contribution >= 4 is 33.9 Å². The number of nitrogens with one attached hydrogen (secondary N) is 1. The van der Waals surface area contributed by atoms with Crippen LogP contribution in [0.1, 0.15) is 37.2 Å². The molecule has 0 radical (unpaired) electrons. The molecular weight excluding hydrogens is 338 g/mol. The van der Waals surface area contributed by atoms with E-state index in [4.69, 9.17) is 0 Å². The van der Waals surface area contributed by atoms with Gasteiger partial charge in [0.15, 0.2) is 10.3 Å². The number of benzene rings is 1. The van der Waals surface area contributed by atoms with E-state index in [2.05, 4.69) is 37.4 Å². The highest BCUT2D eigenvalue weighted by Crippen LogP contribution is 2.40. The largest absolute Gasteiger partial charge is 0.332 e. The lowest BCUT2D eigenvalue weighted by molar-refractivity contribution is 0.643. The third-order valence-corrected chi connectivity index (χ3v) is 5.74. The minimum Gasteiger partial charge on any atom is -0.332 e. The van der Waals surface area contributed by atoms with Crippen LogP contribution in [0.5, 0.6) is 0 Å². The minimum absolute atomic E-state index is 0.632. The highest BCUT2D eigenvalue weighted by Gasteiger charge is 2.29. The number of nitrogens with zero attached hydrogens (tertiary/aromatic N) is 4. The first-order chi connectivity index (χ1) is 11.8. The summed E-state index contributed by atoms with van der Waals surface area (Å²) in [6, 6.07) is 10.1. The van der Waals surface area contributed by atoms with Crippen LogP contribution < -0.4 is 5.32 Å². The van der Waals surface area contributed by atoms with Crippen LogP contribution >= 0.6 is 23.1 Å². The van der Waals surface area contributed by atoms with Gasteiger partial charge in [0.05, 0.1) is 5.69 Å². The van der Waals surface area contributed by atoms with Gasteiger partial charge in [0.1, 0.15) is 5.82 Å². The van der Waals surface area contributed by atoms with E-state index in [9.17, 15) is 0 Å². The van der Waals surface area contributed by atoms with Gasteiger partial charge in [-0.25, -0.2) is 4.98 Å². The number of anilines is 2. The maximum atomic E-state index is 4.66. The molecule has 1 aliphatic carbocycles. The second kappa shape index (κ2) is 6.94. The van der Waals surface area contributed by atoms with E-state index in [-0.39, 0.29) is 0 Å². The van der Waals surface area contributed by atoms with Crippen LogP contribution in [-0.2, 0) is 12.3 Å². The van der Waals surface area contributed by atoms with Crippen LogP contribution in [0, 0.1) is 0 Å². The molecule has 1 saturated carbocycles. The van der Waals surface area contributed by atoms with Gasteiger partial charge >= 0.3 is 0 Å². The highest BCUT2D eigenvalue weighted by atomic mass is 32.2. The number of para-hydroxylation sites is 1. The monoisotopic (exact) mass is 357 g/mol. The molecule has 1 aliphatic rings. The summed E-state index contributed by atoms with van der Waals surface area (Å²) in [6.07, 6.45) is 2.51. The third kappa shape index (κ3) is 3.47. The molecule has 0 amide bonds. The summed E-state index contributed by atoms with van der Waals surface area (Å²) in [5.74, 6) is 2.60. The van der Waals surface area contributed by atoms with Gasteiger partial charge in [0.25, 0.3) is 0 Å². The number of hydrogen-bond acceptors (Lipinski definition) is 6. The molecule has 0 bridgehead atoms. The highest BCUT2D eigenvalue weighted by molar-refractivity contribution is 7.98.